The molecule has 0 radical (unpaired) electrons. The number of nitrogens with zero attached hydrogens (tertiary/aromatic N) is 1. The number of aliphatic hydroxyl groups is 1. The van der Waals surface area contributed by atoms with Crippen molar-refractivity contribution in [1.29, 1.82) is 0 Å². The third-order valence-electron chi connectivity index (χ3n) is 4.98. The number of benzene rings is 1. The summed E-state index contributed by atoms with van der Waals surface area (Å²) in [5, 5.41) is 11.5. The molecule has 2 heterocycles. The van der Waals surface area contributed by atoms with Crippen molar-refractivity contribution in [3.05, 3.63) is 46.2 Å². The number of thiophene rings is 1. The highest BCUT2D eigenvalue weighted by Crippen LogP contribution is 2.38. The van der Waals surface area contributed by atoms with Gasteiger partial charge in [0.05, 0.1) is 19.1 Å². The molecule has 28 heavy (non-hydrogen) atoms. The number of hydrogen-bond donors (Lipinski definition) is 1. The minimum absolute atomic E-state index is 0.0789. The number of carbonyl (C=O) groups excluding carboxylic acids is 1. The monoisotopic (exact) mass is 425 g/mol. The van der Waals surface area contributed by atoms with E-state index in [0.29, 0.717) is 12.2 Å². The molecular weight excluding hydrogens is 402 g/mol. The minimum atomic E-state index is -3.96. The van der Waals surface area contributed by atoms with E-state index in [1.807, 2.05) is 11.4 Å². The van der Waals surface area contributed by atoms with Crippen LogP contribution in [0.25, 0.3) is 0 Å². The predicted octanol–water partition coefficient (Wildman–Crippen LogP) is 2.01. The van der Waals surface area contributed by atoms with Crippen LogP contribution in [0.1, 0.15) is 22.8 Å². The van der Waals surface area contributed by atoms with Gasteiger partial charge in [0.25, 0.3) is 0 Å². The number of fused-ring (bicyclic) bond motifs is 1. The van der Waals surface area contributed by atoms with Crippen LogP contribution in [0.2, 0.25) is 0 Å². The Bertz CT molecular complexity index is 922. The summed E-state index contributed by atoms with van der Waals surface area (Å²) >= 11 is 1.53. The molecule has 3 rings (SSSR count). The lowest BCUT2D eigenvalue weighted by atomic mass is 9.89. The van der Waals surface area contributed by atoms with Crippen LogP contribution < -0.4 is 4.74 Å². The van der Waals surface area contributed by atoms with Gasteiger partial charge >= 0.3 is 5.97 Å². The molecule has 1 N–H and O–H groups in total. The summed E-state index contributed by atoms with van der Waals surface area (Å²) in [5.41, 5.74) is 0.905. The maximum absolute atomic E-state index is 13.4. The first-order chi connectivity index (χ1) is 13.4. The van der Waals surface area contributed by atoms with Gasteiger partial charge in [-0.25, -0.2) is 8.42 Å². The second-order valence-electron chi connectivity index (χ2n) is 6.43. The second kappa shape index (κ2) is 8.60. The van der Waals surface area contributed by atoms with Crippen LogP contribution >= 0.6 is 11.3 Å². The maximum Gasteiger partial charge on any atom is 0.324 e. The molecule has 9 heteroatoms. The lowest BCUT2D eigenvalue weighted by molar-refractivity contribution is -0.146. The molecule has 1 aliphatic rings. The van der Waals surface area contributed by atoms with Gasteiger partial charge in [-0.1, -0.05) is 0 Å². The Morgan fingerprint density at radius 2 is 1.96 bits per heavy atom. The lowest BCUT2D eigenvalue weighted by Crippen LogP contribution is -2.48. The molecule has 2 atom stereocenters. The fraction of sp³-hybridized carbons (Fsp3) is 0.421. The van der Waals surface area contributed by atoms with Crippen LogP contribution in [0.4, 0.5) is 0 Å². The van der Waals surface area contributed by atoms with Crippen molar-refractivity contribution in [2.24, 2.45) is 0 Å². The standard InChI is InChI=1S/C19H23NO6S2/c1-25-13-3-5-14(6-4-13)28(23,24)20-10-7-17-15(9-12-27-17)16(8-11-21)18(20)19(22)26-2/h3-6,9,12,16,18,21H,7-8,10-11H2,1-2H3/t16-,18+/m1/s1. The molecule has 1 aliphatic heterocycles. The van der Waals surface area contributed by atoms with Crippen molar-refractivity contribution >= 4 is 27.3 Å². The maximum atomic E-state index is 13.4. The van der Waals surface area contributed by atoms with E-state index in [0.717, 1.165) is 10.4 Å². The van der Waals surface area contributed by atoms with E-state index in [4.69, 9.17) is 9.47 Å². The van der Waals surface area contributed by atoms with E-state index in [9.17, 15) is 18.3 Å². The Hall–Kier alpha value is -1.94. The molecule has 0 bridgehead atoms. The summed E-state index contributed by atoms with van der Waals surface area (Å²) < 4.78 is 38.1. The Labute approximate surface area is 168 Å². The molecule has 152 valence electrons. The third-order valence-corrected chi connectivity index (χ3v) is 7.87. The largest absolute Gasteiger partial charge is 0.497 e. The zero-order chi connectivity index (χ0) is 20.3. The summed E-state index contributed by atoms with van der Waals surface area (Å²) in [7, 11) is -1.21. The normalized spacial score (nSPS) is 20.2. The lowest BCUT2D eigenvalue weighted by Gasteiger charge is -2.32. The van der Waals surface area contributed by atoms with E-state index < -0.39 is 28.0 Å². The third kappa shape index (κ3) is 3.80. The average Bonchev–Trinajstić information content (AvgIpc) is 3.11. The van der Waals surface area contributed by atoms with Crippen molar-refractivity contribution in [2.75, 3.05) is 27.4 Å². The highest BCUT2D eigenvalue weighted by Gasteiger charge is 2.44. The van der Waals surface area contributed by atoms with E-state index in [-0.39, 0.29) is 24.5 Å². The Morgan fingerprint density at radius 1 is 1.25 bits per heavy atom. The number of aliphatic hydroxyl groups excluding tert-OH is 1. The molecule has 0 fully saturated rings. The molecule has 2 aromatic rings. The average molecular weight is 426 g/mol. The number of rotatable bonds is 6. The van der Waals surface area contributed by atoms with Gasteiger partial charge in [-0.05, 0) is 54.1 Å². The smallest absolute Gasteiger partial charge is 0.324 e. The van der Waals surface area contributed by atoms with Crippen molar-refractivity contribution in [3.63, 3.8) is 0 Å². The zero-order valence-electron chi connectivity index (χ0n) is 15.7. The highest BCUT2D eigenvalue weighted by atomic mass is 32.2. The number of sulfonamides is 1. The summed E-state index contributed by atoms with van der Waals surface area (Å²) in [6.07, 6.45) is 0.760. The van der Waals surface area contributed by atoms with Crippen LogP contribution in [0, 0.1) is 0 Å². The SMILES string of the molecule is COC(=O)[C@@H]1[C@H](CCO)c2ccsc2CCN1S(=O)(=O)c1ccc(OC)cc1. The van der Waals surface area contributed by atoms with Gasteiger partial charge < -0.3 is 14.6 Å². The van der Waals surface area contributed by atoms with E-state index in [2.05, 4.69) is 0 Å². The number of esters is 1. The fourth-order valence-electron chi connectivity index (χ4n) is 3.61. The first kappa shape index (κ1) is 20.8. The summed E-state index contributed by atoms with van der Waals surface area (Å²) in [4.78, 5) is 13.8. The molecule has 0 spiro atoms. The van der Waals surface area contributed by atoms with Gasteiger partial charge in [-0.15, -0.1) is 11.3 Å². The number of methoxy groups -OCH3 is 2. The molecule has 1 aromatic carbocycles. The van der Waals surface area contributed by atoms with Crippen LogP contribution in [0.15, 0.2) is 40.6 Å². The van der Waals surface area contributed by atoms with Gasteiger partial charge in [-0.3, -0.25) is 4.79 Å². The molecule has 1 aromatic heterocycles. The van der Waals surface area contributed by atoms with E-state index >= 15 is 0 Å². The summed E-state index contributed by atoms with van der Waals surface area (Å²) in [5.74, 6) is -0.566. The van der Waals surface area contributed by atoms with Crippen LogP contribution in [-0.2, 0) is 26.0 Å². The van der Waals surface area contributed by atoms with Crippen molar-refractivity contribution in [1.82, 2.24) is 4.31 Å². The molecule has 0 saturated carbocycles. The van der Waals surface area contributed by atoms with Crippen molar-refractivity contribution in [2.45, 2.75) is 29.7 Å². The summed E-state index contributed by atoms with van der Waals surface area (Å²) in [6.45, 7) is -0.00651. The van der Waals surface area contributed by atoms with Gasteiger partial charge in [0.1, 0.15) is 11.8 Å². The quantitative estimate of drug-likeness (QED) is 0.712. The first-order valence-corrected chi connectivity index (χ1v) is 11.2. The van der Waals surface area contributed by atoms with Crippen LogP contribution in [0.5, 0.6) is 5.75 Å². The molecule has 0 unspecified atom stereocenters. The number of hydrogen-bond acceptors (Lipinski definition) is 7. The Kier molecular flexibility index (Phi) is 6.39. The molecule has 0 aliphatic carbocycles. The van der Waals surface area contributed by atoms with Crippen molar-refractivity contribution in [3.8, 4) is 5.75 Å². The minimum Gasteiger partial charge on any atom is -0.497 e. The highest BCUT2D eigenvalue weighted by molar-refractivity contribution is 7.89. The number of ether oxygens (including phenoxy) is 2. The summed E-state index contributed by atoms with van der Waals surface area (Å²) in [6, 6.07) is 6.92. The molecule has 7 nitrogen and oxygen atoms in total. The topological polar surface area (TPSA) is 93.1 Å². The first-order valence-electron chi connectivity index (χ1n) is 8.85. The molecule has 0 saturated heterocycles. The second-order valence-corrected chi connectivity index (χ2v) is 9.32. The van der Waals surface area contributed by atoms with Crippen molar-refractivity contribution < 1.29 is 27.8 Å². The van der Waals surface area contributed by atoms with Gasteiger partial charge in [0.2, 0.25) is 10.0 Å². The molecule has 0 amide bonds. The van der Waals surface area contributed by atoms with Gasteiger partial charge in [0.15, 0.2) is 0 Å². The van der Waals surface area contributed by atoms with Crippen LogP contribution in [0.3, 0.4) is 0 Å². The number of carbonyl (C=O) groups is 1. The molecular formula is C19H23NO6S2. The Morgan fingerprint density at radius 3 is 2.57 bits per heavy atom. The van der Waals surface area contributed by atoms with Crippen LogP contribution in [-0.4, -0.2) is 57.2 Å². The van der Waals surface area contributed by atoms with E-state index in [1.54, 1.807) is 12.1 Å². The van der Waals surface area contributed by atoms with E-state index in [1.165, 1.54) is 42.0 Å². The fourth-order valence-corrected chi connectivity index (χ4v) is 6.17. The Balaban J connectivity index is 2.08. The van der Waals surface area contributed by atoms with Gasteiger partial charge in [0, 0.05) is 23.9 Å². The zero-order valence-corrected chi connectivity index (χ0v) is 17.3. The van der Waals surface area contributed by atoms with Gasteiger partial charge in [-0.2, -0.15) is 4.31 Å². The predicted molar refractivity (Wildman–Crippen MR) is 105 cm³/mol.